The third-order valence-corrected chi connectivity index (χ3v) is 4.24. The fourth-order valence-electron chi connectivity index (χ4n) is 2.06. The van der Waals surface area contributed by atoms with E-state index in [-0.39, 0.29) is 5.91 Å². The van der Waals surface area contributed by atoms with E-state index in [0.29, 0.717) is 17.3 Å². The van der Waals surface area contributed by atoms with Crippen LogP contribution in [0.5, 0.6) is 0 Å². The van der Waals surface area contributed by atoms with Crippen molar-refractivity contribution in [3.05, 3.63) is 58.6 Å². The van der Waals surface area contributed by atoms with E-state index >= 15 is 0 Å². The van der Waals surface area contributed by atoms with Crippen molar-refractivity contribution in [2.24, 2.45) is 0 Å². The third-order valence-electron chi connectivity index (χ3n) is 3.10. The average molecular weight is 348 g/mol. The summed E-state index contributed by atoms with van der Waals surface area (Å²) in [4.78, 5) is 18.3. The molecule has 0 fully saturated rings. The number of aromatic nitrogens is 2. The smallest absolute Gasteiger partial charge is 0.274 e. The number of rotatable bonds is 5. The number of benzene rings is 1. The molecule has 23 heavy (non-hydrogen) atoms. The Bertz CT molecular complexity index is 797. The summed E-state index contributed by atoms with van der Waals surface area (Å²) in [7, 11) is 0. The summed E-state index contributed by atoms with van der Waals surface area (Å²) in [6.07, 6.45) is 0. The van der Waals surface area contributed by atoms with Crippen molar-refractivity contribution >= 4 is 28.8 Å². The molecule has 1 amide bonds. The first kappa shape index (κ1) is 15.7. The number of hydroxylamine groups is 1. The number of carbonyl (C=O) groups excluding carboxylic acids is 1. The normalized spacial score (nSPS) is 10.7. The number of amides is 1. The molecule has 118 valence electrons. The molecule has 7 heteroatoms. The van der Waals surface area contributed by atoms with Gasteiger partial charge in [0.1, 0.15) is 11.4 Å². The molecule has 0 bridgehead atoms. The lowest BCUT2D eigenvalue weighted by Crippen LogP contribution is -2.26. The van der Waals surface area contributed by atoms with E-state index in [1.165, 1.54) is 0 Å². The van der Waals surface area contributed by atoms with Crippen LogP contribution in [-0.4, -0.2) is 22.3 Å². The Morgan fingerprint density at radius 1 is 1.35 bits per heavy atom. The van der Waals surface area contributed by atoms with Crippen LogP contribution in [-0.2, 0) is 4.84 Å². The minimum atomic E-state index is -0.350. The lowest BCUT2D eigenvalue weighted by atomic mass is 10.3. The highest BCUT2D eigenvalue weighted by atomic mass is 35.5. The fourth-order valence-corrected chi connectivity index (χ4v) is 2.86. The van der Waals surface area contributed by atoms with Crippen LogP contribution < -0.4 is 5.48 Å². The maximum atomic E-state index is 12.3. The van der Waals surface area contributed by atoms with Crippen LogP contribution in [0.1, 0.15) is 17.4 Å². The Morgan fingerprint density at radius 3 is 2.78 bits per heavy atom. The molecule has 5 nitrogen and oxygen atoms in total. The highest BCUT2D eigenvalue weighted by Crippen LogP contribution is 2.26. The maximum Gasteiger partial charge on any atom is 0.293 e. The molecule has 0 saturated carbocycles. The van der Waals surface area contributed by atoms with Gasteiger partial charge in [0.25, 0.3) is 5.91 Å². The van der Waals surface area contributed by atoms with E-state index in [4.69, 9.17) is 16.4 Å². The number of thiophene rings is 1. The molecule has 1 N–H and O–H groups in total. The molecule has 0 aliphatic carbocycles. The van der Waals surface area contributed by atoms with E-state index in [1.807, 2.05) is 29.6 Å². The predicted octanol–water partition coefficient (Wildman–Crippen LogP) is 3.94. The van der Waals surface area contributed by atoms with E-state index in [1.54, 1.807) is 41.1 Å². The standard InChI is InChI=1S/C16H14ClN3O2S/c1-2-22-19-16(21)14-10-13(15-4-3-9-23-15)18-20(14)12-7-5-11(17)6-8-12/h3-10H,2H2,1H3,(H,19,21). The lowest BCUT2D eigenvalue weighted by Gasteiger charge is -2.07. The zero-order valence-electron chi connectivity index (χ0n) is 12.3. The molecule has 0 unspecified atom stereocenters. The Morgan fingerprint density at radius 2 is 2.13 bits per heavy atom. The van der Waals surface area contributed by atoms with Crippen molar-refractivity contribution in [1.82, 2.24) is 15.3 Å². The van der Waals surface area contributed by atoms with Crippen LogP contribution in [0.2, 0.25) is 5.02 Å². The summed E-state index contributed by atoms with van der Waals surface area (Å²) in [5, 5.41) is 7.14. The van der Waals surface area contributed by atoms with Gasteiger partial charge in [0.2, 0.25) is 0 Å². The van der Waals surface area contributed by atoms with Crippen molar-refractivity contribution in [2.75, 3.05) is 6.61 Å². The molecule has 0 aliphatic heterocycles. The fraction of sp³-hybridized carbons (Fsp3) is 0.125. The van der Waals surface area contributed by atoms with Crippen molar-refractivity contribution in [1.29, 1.82) is 0 Å². The molecule has 0 saturated heterocycles. The first-order valence-corrected chi connectivity index (χ1v) is 8.27. The summed E-state index contributed by atoms with van der Waals surface area (Å²) in [5.74, 6) is -0.350. The van der Waals surface area contributed by atoms with Gasteiger partial charge >= 0.3 is 0 Å². The van der Waals surface area contributed by atoms with Crippen molar-refractivity contribution in [2.45, 2.75) is 6.92 Å². The minimum absolute atomic E-state index is 0.350. The first-order chi connectivity index (χ1) is 11.2. The van der Waals surface area contributed by atoms with Crippen LogP contribution in [0.15, 0.2) is 47.8 Å². The maximum absolute atomic E-state index is 12.3. The van der Waals surface area contributed by atoms with Crippen LogP contribution >= 0.6 is 22.9 Å². The van der Waals surface area contributed by atoms with Gasteiger partial charge in [-0.1, -0.05) is 17.7 Å². The van der Waals surface area contributed by atoms with Crippen molar-refractivity contribution < 1.29 is 9.63 Å². The van der Waals surface area contributed by atoms with Gasteiger partial charge in [0.15, 0.2) is 0 Å². The number of hydrogen-bond acceptors (Lipinski definition) is 4. The van der Waals surface area contributed by atoms with Gasteiger partial charge < -0.3 is 0 Å². The van der Waals surface area contributed by atoms with Crippen molar-refractivity contribution in [3.63, 3.8) is 0 Å². The van der Waals surface area contributed by atoms with Crippen LogP contribution in [0, 0.1) is 0 Å². The molecule has 1 aromatic carbocycles. The Hall–Kier alpha value is -2.15. The zero-order chi connectivity index (χ0) is 16.2. The average Bonchev–Trinajstić information content (AvgIpc) is 3.22. The summed E-state index contributed by atoms with van der Waals surface area (Å²) >= 11 is 7.49. The van der Waals surface area contributed by atoms with Gasteiger partial charge in [0.05, 0.1) is 17.2 Å². The SMILES string of the molecule is CCONC(=O)c1cc(-c2cccs2)nn1-c1ccc(Cl)cc1. The van der Waals surface area contributed by atoms with E-state index < -0.39 is 0 Å². The summed E-state index contributed by atoms with van der Waals surface area (Å²) in [6.45, 7) is 2.19. The molecule has 0 spiro atoms. The van der Waals surface area contributed by atoms with Gasteiger partial charge in [-0.25, -0.2) is 10.2 Å². The third kappa shape index (κ3) is 3.44. The van der Waals surface area contributed by atoms with Crippen LogP contribution in [0.4, 0.5) is 0 Å². The monoisotopic (exact) mass is 347 g/mol. The number of hydrogen-bond donors (Lipinski definition) is 1. The number of halogens is 1. The van der Waals surface area contributed by atoms with E-state index in [0.717, 1.165) is 16.3 Å². The molecule has 0 atom stereocenters. The summed E-state index contributed by atoms with van der Waals surface area (Å²) < 4.78 is 1.58. The summed E-state index contributed by atoms with van der Waals surface area (Å²) in [5.41, 5.74) is 4.28. The van der Waals surface area contributed by atoms with Gasteiger partial charge in [-0.3, -0.25) is 9.63 Å². The van der Waals surface area contributed by atoms with Gasteiger partial charge in [-0.05, 0) is 48.7 Å². The zero-order valence-corrected chi connectivity index (χ0v) is 13.9. The van der Waals surface area contributed by atoms with Gasteiger partial charge in [-0.2, -0.15) is 5.10 Å². The van der Waals surface area contributed by atoms with Gasteiger partial charge in [-0.15, -0.1) is 11.3 Å². The molecule has 2 heterocycles. The second-order valence-corrected chi connectivity index (χ2v) is 6.03. The van der Waals surface area contributed by atoms with Gasteiger partial charge in [0, 0.05) is 5.02 Å². The first-order valence-electron chi connectivity index (χ1n) is 7.01. The number of nitrogens with zero attached hydrogens (tertiary/aromatic N) is 2. The number of nitrogens with one attached hydrogen (secondary N) is 1. The van der Waals surface area contributed by atoms with E-state index in [9.17, 15) is 4.79 Å². The largest absolute Gasteiger partial charge is 0.293 e. The predicted molar refractivity (Wildman–Crippen MR) is 91.0 cm³/mol. The molecule has 2 aromatic heterocycles. The lowest BCUT2D eigenvalue weighted by molar-refractivity contribution is 0.0357. The minimum Gasteiger partial charge on any atom is -0.274 e. The van der Waals surface area contributed by atoms with Crippen molar-refractivity contribution in [3.8, 4) is 16.3 Å². The second-order valence-electron chi connectivity index (χ2n) is 4.64. The molecule has 3 rings (SSSR count). The molecular weight excluding hydrogens is 334 g/mol. The molecular formula is C16H14ClN3O2S. The Balaban J connectivity index is 2.04. The molecule has 3 aromatic rings. The highest BCUT2D eigenvalue weighted by molar-refractivity contribution is 7.13. The molecule has 0 radical (unpaired) electrons. The number of carbonyl (C=O) groups is 1. The molecule has 0 aliphatic rings. The van der Waals surface area contributed by atoms with Crippen LogP contribution in [0.3, 0.4) is 0 Å². The highest BCUT2D eigenvalue weighted by Gasteiger charge is 2.18. The Kier molecular flexibility index (Phi) is 4.76. The Labute approximate surface area is 142 Å². The second kappa shape index (κ2) is 6.95. The quantitative estimate of drug-likeness (QED) is 0.711. The van der Waals surface area contributed by atoms with Crippen LogP contribution in [0.25, 0.3) is 16.3 Å². The summed E-state index contributed by atoms with van der Waals surface area (Å²) in [6, 6.07) is 12.8. The topological polar surface area (TPSA) is 56.1 Å². The van der Waals surface area contributed by atoms with E-state index in [2.05, 4.69) is 10.6 Å².